The first-order valence-electron chi connectivity index (χ1n) is 10.8. The van der Waals surface area contributed by atoms with E-state index in [4.69, 9.17) is 16.3 Å². The van der Waals surface area contributed by atoms with E-state index in [2.05, 4.69) is 4.74 Å². The Morgan fingerprint density at radius 3 is 2.47 bits per heavy atom. The molecule has 0 saturated carbocycles. The van der Waals surface area contributed by atoms with E-state index in [1.165, 1.54) is 18.1 Å². The zero-order valence-corrected chi connectivity index (χ0v) is 20.0. The molecule has 7 nitrogen and oxygen atoms in total. The lowest BCUT2D eigenvalue weighted by molar-refractivity contribution is -0.167. The molecule has 1 amide bonds. The summed E-state index contributed by atoms with van der Waals surface area (Å²) in [5, 5.41) is 0. The number of allylic oxidation sites excluding steroid dienone is 1. The van der Waals surface area contributed by atoms with Crippen LogP contribution < -0.4 is 0 Å². The lowest BCUT2D eigenvalue weighted by atomic mass is 9.85. The number of hydrogen-bond acceptors (Lipinski definition) is 6. The third-order valence-corrected chi connectivity index (χ3v) is 8.61. The molecule has 2 aromatic carbocycles. The zero-order valence-electron chi connectivity index (χ0n) is 18.5. The van der Waals surface area contributed by atoms with Gasteiger partial charge in [-0.15, -0.1) is 0 Å². The maximum atomic E-state index is 13.6. The standard InChI is InChI=1S/C25H24ClNO6S/c1-32-21(28)14-8-13-19-20-15-25(26,34(31)18-11-6-3-7-12-18)22(27(20)23(19)29)24(30)33-16-17-9-4-2-5-10-17/h2-12,14,19-20,22H,13,15-16H2,1H3/t19?,20?,22-,25?,34?/m1/s1. The second kappa shape index (κ2) is 10.2. The van der Waals surface area contributed by atoms with Crippen molar-refractivity contribution < 1.29 is 28.4 Å². The molecule has 2 aromatic rings. The topological polar surface area (TPSA) is 96.0 Å². The summed E-state index contributed by atoms with van der Waals surface area (Å²) >= 11 is 5.19. The number of fused-ring (bicyclic) bond motifs is 1. The molecule has 0 aromatic heterocycles. The molecule has 0 radical (unpaired) electrons. The maximum Gasteiger partial charge on any atom is 0.336 e. The number of esters is 2. The molecule has 0 aliphatic carbocycles. The SMILES string of the molecule is COC(=O)C=CCC1C(=O)N2C1CC(Cl)([S+]([O-])c1ccccc1)[C@H]2C(=O)OCc1ccccc1. The van der Waals surface area contributed by atoms with Gasteiger partial charge in [-0.2, -0.15) is 0 Å². The number of β-lactam (4-membered cyclic amide) rings is 1. The largest absolute Gasteiger partial charge is 0.610 e. The van der Waals surface area contributed by atoms with E-state index in [1.54, 1.807) is 36.4 Å². The Balaban J connectivity index is 1.58. The number of nitrogens with zero attached hydrogens (tertiary/aromatic N) is 1. The second-order valence-corrected chi connectivity index (χ2v) is 10.8. The lowest BCUT2D eigenvalue weighted by Crippen LogP contribution is -2.63. The molecule has 2 heterocycles. The smallest absolute Gasteiger partial charge is 0.336 e. The Hall–Kier alpha value is -2.81. The molecule has 5 atom stereocenters. The molecule has 0 bridgehead atoms. The fourth-order valence-corrected chi connectivity index (χ4v) is 6.60. The van der Waals surface area contributed by atoms with Gasteiger partial charge in [0.25, 0.3) is 0 Å². The lowest BCUT2D eigenvalue weighted by Gasteiger charge is -2.44. The van der Waals surface area contributed by atoms with Crippen LogP contribution in [0.4, 0.5) is 0 Å². The van der Waals surface area contributed by atoms with Gasteiger partial charge in [-0.3, -0.25) is 4.79 Å². The molecule has 2 aliphatic heterocycles. The van der Waals surface area contributed by atoms with Crippen molar-refractivity contribution in [2.45, 2.75) is 40.6 Å². The van der Waals surface area contributed by atoms with Crippen molar-refractivity contribution >= 4 is 40.6 Å². The van der Waals surface area contributed by atoms with Crippen LogP contribution in [0.5, 0.6) is 0 Å². The highest BCUT2D eigenvalue weighted by Gasteiger charge is 2.71. The number of methoxy groups -OCH3 is 1. The van der Waals surface area contributed by atoms with E-state index in [1.807, 2.05) is 30.3 Å². The first-order valence-corrected chi connectivity index (χ1v) is 12.3. The van der Waals surface area contributed by atoms with Gasteiger partial charge in [-0.05, 0) is 24.1 Å². The highest BCUT2D eigenvalue weighted by molar-refractivity contribution is 7.94. The van der Waals surface area contributed by atoms with E-state index in [-0.39, 0.29) is 25.4 Å². The number of carbonyl (C=O) groups excluding carboxylic acids is 3. The average Bonchev–Trinajstić information content (AvgIpc) is 3.16. The minimum atomic E-state index is -1.79. The molecule has 2 fully saturated rings. The summed E-state index contributed by atoms with van der Waals surface area (Å²) in [4.78, 5) is 39.5. The summed E-state index contributed by atoms with van der Waals surface area (Å²) in [7, 11) is 1.27. The van der Waals surface area contributed by atoms with Gasteiger partial charge in [0.1, 0.15) is 6.61 Å². The van der Waals surface area contributed by atoms with Gasteiger partial charge >= 0.3 is 11.9 Å². The Morgan fingerprint density at radius 1 is 1.18 bits per heavy atom. The fraction of sp³-hybridized carbons (Fsp3) is 0.320. The number of halogens is 1. The third kappa shape index (κ3) is 4.58. The van der Waals surface area contributed by atoms with Gasteiger partial charge in [0.2, 0.25) is 10.1 Å². The molecular formula is C25H24ClNO6S. The summed E-state index contributed by atoms with van der Waals surface area (Å²) in [5.74, 6) is -1.97. The van der Waals surface area contributed by atoms with E-state index in [9.17, 15) is 18.9 Å². The molecule has 2 saturated heterocycles. The van der Waals surface area contributed by atoms with Crippen LogP contribution in [0.15, 0.2) is 77.7 Å². The number of ether oxygens (including phenoxy) is 2. The Bertz CT molecular complexity index is 1080. The number of alkyl halides is 1. The Labute approximate surface area is 205 Å². The molecule has 2 aliphatic rings. The fourth-order valence-electron chi connectivity index (χ4n) is 4.45. The Morgan fingerprint density at radius 2 is 1.82 bits per heavy atom. The van der Waals surface area contributed by atoms with Crippen molar-refractivity contribution in [2.75, 3.05) is 7.11 Å². The number of benzene rings is 2. The monoisotopic (exact) mass is 501 g/mol. The summed E-state index contributed by atoms with van der Waals surface area (Å²) < 4.78 is 22.2. The van der Waals surface area contributed by atoms with Gasteiger partial charge in [-0.1, -0.05) is 66.2 Å². The summed E-state index contributed by atoms with van der Waals surface area (Å²) in [6.45, 7) is 0.0130. The van der Waals surface area contributed by atoms with Crippen LogP contribution in [0.2, 0.25) is 0 Å². The first-order chi connectivity index (χ1) is 16.4. The predicted octanol–water partition coefficient (Wildman–Crippen LogP) is 3.19. The van der Waals surface area contributed by atoms with Crippen molar-refractivity contribution in [3.63, 3.8) is 0 Å². The highest BCUT2D eigenvalue weighted by Crippen LogP contribution is 2.53. The van der Waals surface area contributed by atoms with Gasteiger partial charge in [0.05, 0.1) is 19.1 Å². The van der Waals surface area contributed by atoms with Crippen molar-refractivity contribution in [3.05, 3.63) is 78.4 Å². The first kappa shape index (κ1) is 24.3. The summed E-state index contributed by atoms with van der Waals surface area (Å²) in [6, 6.07) is 16.2. The highest BCUT2D eigenvalue weighted by atomic mass is 35.5. The van der Waals surface area contributed by atoms with Gasteiger partial charge in [-0.25, -0.2) is 9.59 Å². The zero-order chi connectivity index (χ0) is 24.3. The van der Waals surface area contributed by atoms with Crippen LogP contribution in [-0.4, -0.2) is 50.7 Å². The molecule has 178 valence electrons. The molecule has 9 heteroatoms. The maximum absolute atomic E-state index is 13.6. The Kier molecular flexibility index (Phi) is 7.30. The molecule has 4 unspecified atom stereocenters. The van der Waals surface area contributed by atoms with E-state index >= 15 is 0 Å². The normalized spacial score (nSPS) is 26.6. The molecule has 34 heavy (non-hydrogen) atoms. The van der Waals surface area contributed by atoms with Crippen molar-refractivity contribution in [3.8, 4) is 0 Å². The molecule has 4 rings (SSSR count). The van der Waals surface area contributed by atoms with Crippen LogP contribution in [0, 0.1) is 5.92 Å². The van der Waals surface area contributed by atoms with Crippen molar-refractivity contribution in [1.82, 2.24) is 4.90 Å². The summed E-state index contributed by atoms with van der Waals surface area (Å²) in [5.41, 5.74) is 0.788. The van der Waals surface area contributed by atoms with Crippen LogP contribution >= 0.6 is 11.6 Å². The second-order valence-electron chi connectivity index (χ2n) is 8.15. The minimum Gasteiger partial charge on any atom is -0.610 e. The van der Waals surface area contributed by atoms with E-state index in [0.717, 1.165) is 5.56 Å². The van der Waals surface area contributed by atoms with Crippen LogP contribution in [0.25, 0.3) is 0 Å². The quantitative estimate of drug-likeness (QED) is 0.181. The number of amides is 1. The summed E-state index contributed by atoms with van der Waals surface area (Å²) in [6.07, 6.45) is 3.26. The van der Waals surface area contributed by atoms with Crippen LogP contribution in [0.1, 0.15) is 18.4 Å². The van der Waals surface area contributed by atoms with Crippen molar-refractivity contribution in [2.24, 2.45) is 5.92 Å². The minimum absolute atomic E-state index is 0.0130. The van der Waals surface area contributed by atoms with Crippen molar-refractivity contribution in [1.29, 1.82) is 0 Å². The van der Waals surface area contributed by atoms with Gasteiger partial charge in [0.15, 0.2) is 10.9 Å². The molecule has 0 N–H and O–H groups in total. The van der Waals surface area contributed by atoms with E-state index in [0.29, 0.717) is 4.90 Å². The van der Waals surface area contributed by atoms with Crippen LogP contribution in [-0.2, 0) is 41.6 Å². The van der Waals surface area contributed by atoms with Gasteiger partial charge in [0, 0.05) is 23.7 Å². The predicted molar refractivity (Wildman–Crippen MR) is 126 cm³/mol. The van der Waals surface area contributed by atoms with Crippen LogP contribution in [0.3, 0.4) is 0 Å². The van der Waals surface area contributed by atoms with E-state index < -0.39 is 45.3 Å². The third-order valence-electron chi connectivity index (χ3n) is 6.13. The average molecular weight is 502 g/mol. The molecule has 0 spiro atoms. The number of hydrogen-bond donors (Lipinski definition) is 0. The number of rotatable bonds is 8. The molecular weight excluding hydrogens is 478 g/mol. The number of carbonyl (C=O) groups is 3. The van der Waals surface area contributed by atoms with Gasteiger partial charge < -0.3 is 18.9 Å².